The highest BCUT2D eigenvalue weighted by Crippen LogP contribution is 2.27. The Morgan fingerprint density at radius 1 is 1.03 bits per heavy atom. The Morgan fingerprint density at radius 3 is 2.34 bits per heavy atom. The van der Waals surface area contributed by atoms with E-state index in [1.54, 1.807) is 15.3 Å². The van der Waals surface area contributed by atoms with E-state index in [0.29, 0.717) is 12.1 Å². The van der Waals surface area contributed by atoms with Crippen molar-refractivity contribution in [1.29, 1.82) is 0 Å². The fourth-order valence-corrected chi connectivity index (χ4v) is 4.22. The number of nitrogens with one attached hydrogen (secondary N) is 1. The highest BCUT2D eigenvalue weighted by Gasteiger charge is 2.26. The Hall–Kier alpha value is -3.67. The zero-order valence-electron chi connectivity index (χ0n) is 18.9. The molecule has 0 aliphatic carbocycles. The Morgan fingerprint density at radius 2 is 1.72 bits per heavy atom. The topological polar surface area (TPSA) is 68.9 Å². The third-order valence-electron chi connectivity index (χ3n) is 5.87. The van der Waals surface area contributed by atoms with E-state index in [0.717, 1.165) is 34.4 Å². The summed E-state index contributed by atoms with van der Waals surface area (Å²) in [6, 6.07) is 18.4. The van der Waals surface area contributed by atoms with Gasteiger partial charge in [-0.2, -0.15) is 5.10 Å². The van der Waals surface area contributed by atoms with E-state index >= 15 is 0 Å². The molecule has 1 N–H and O–H groups in total. The van der Waals surface area contributed by atoms with E-state index in [2.05, 4.69) is 12.2 Å². The predicted octanol–water partition coefficient (Wildman–Crippen LogP) is 4.96. The molecule has 0 saturated carbocycles. The summed E-state index contributed by atoms with van der Waals surface area (Å²) in [5.41, 5.74) is 4.86. The summed E-state index contributed by atoms with van der Waals surface area (Å²) in [7, 11) is 0. The molecule has 2 aromatic carbocycles. The van der Waals surface area contributed by atoms with Gasteiger partial charge in [0.1, 0.15) is 11.7 Å². The Bertz CT molecular complexity index is 1320. The maximum atomic E-state index is 13.3. The van der Waals surface area contributed by atoms with Crippen LogP contribution in [0.1, 0.15) is 43.1 Å². The summed E-state index contributed by atoms with van der Waals surface area (Å²) in [5, 5.41) is 8.61. The van der Waals surface area contributed by atoms with E-state index in [1.165, 1.54) is 5.56 Å². The number of pyridine rings is 1. The number of aromatic nitrogens is 3. The van der Waals surface area contributed by atoms with E-state index in [-0.39, 0.29) is 11.5 Å². The van der Waals surface area contributed by atoms with Gasteiger partial charge in [0, 0.05) is 17.1 Å². The van der Waals surface area contributed by atoms with Crippen LogP contribution in [0.15, 0.2) is 65.5 Å². The van der Waals surface area contributed by atoms with Gasteiger partial charge in [0.15, 0.2) is 0 Å². The summed E-state index contributed by atoms with van der Waals surface area (Å²) >= 11 is 0. The second-order valence-electron chi connectivity index (χ2n) is 8.03. The molecule has 6 heteroatoms. The number of fused-ring (bicyclic) bond motifs is 1. The van der Waals surface area contributed by atoms with E-state index in [4.69, 9.17) is 5.10 Å². The van der Waals surface area contributed by atoms with Crippen LogP contribution >= 0.6 is 0 Å². The molecule has 0 spiro atoms. The maximum absolute atomic E-state index is 13.3. The van der Waals surface area contributed by atoms with Gasteiger partial charge < -0.3 is 5.32 Å². The van der Waals surface area contributed by atoms with Crippen molar-refractivity contribution in [3.05, 3.63) is 87.8 Å². The molecule has 2 aromatic heterocycles. The van der Waals surface area contributed by atoms with Crippen LogP contribution in [-0.4, -0.2) is 20.3 Å². The van der Waals surface area contributed by atoms with Crippen LogP contribution in [0.5, 0.6) is 0 Å². The molecule has 0 fully saturated rings. The minimum absolute atomic E-state index is 0.213. The monoisotopic (exact) mass is 428 g/mol. The molecule has 0 aliphatic rings. The van der Waals surface area contributed by atoms with E-state index in [1.807, 2.05) is 75.4 Å². The first kappa shape index (κ1) is 21.6. The largest absolute Gasteiger partial charge is 0.324 e. The number of para-hydroxylation sites is 1. The number of carbonyl (C=O) groups is 1. The van der Waals surface area contributed by atoms with Crippen LogP contribution in [0.3, 0.4) is 0 Å². The van der Waals surface area contributed by atoms with Crippen LogP contribution < -0.4 is 10.9 Å². The van der Waals surface area contributed by atoms with Crippen molar-refractivity contribution < 1.29 is 4.79 Å². The van der Waals surface area contributed by atoms with E-state index in [9.17, 15) is 9.59 Å². The van der Waals surface area contributed by atoms with Crippen molar-refractivity contribution in [3.63, 3.8) is 0 Å². The van der Waals surface area contributed by atoms with Gasteiger partial charge in [-0.25, -0.2) is 4.68 Å². The van der Waals surface area contributed by atoms with Crippen molar-refractivity contribution in [2.45, 2.75) is 46.6 Å². The van der Waals surface area contributed by atoms with Gasteiger partial charge in [0.05, 0.1) is 11.4 Å². The number of hydrogen-bond acceptors (Lipinski definition) is 3. The molecule has 1 atom stereocenters. The average molecular weight is 429 g/mol. The van der Waals surface area contributed by atoms with Crippen molar-refractivity contribution in [2.75, 3.05) is 5.32 Å². The van der Waals surface area contributed by atoms with Gasteiger partial charge in [-0.05, 0) is 62.1 Å². The summed E-state index contributed by atoms with van der Waals surface area (Å²) in [5.74, 6) is -0.220. The number of carbonyl (C=O) groups excluding carboxylic acids is 1. The molecule has 4 rings (SSSR count). The molecule has 0 bridgehead atoms. The lowest BCUT2D eigenvalue weighted by atomic mass is 10.1. The molecular formula is C26H28N4O2. The Labute approximate surface area is 187 Å². The molecule has 1 amide bonds. The lowest BCUT2D eigenvalue weighted by Gasteiger charge is -2.21. The molecule has 2 heterocycles. The first-order chi connectivity index (χ1) is 15.4. The normalized spacial score (nSPS) is 12.1. The van der Waals surface area contributed by atoms with Crippen LogP contribution in [0, 0.1) is 13.8 Å². The number of rotatable bonds is 6. The minimum Gasteiger partial charge on any atom is -0.324 e. The Kier molecular flexibility index (Phi) is 5.95. The van der Waals surface area contributed by atoms with Gasteiger partial charge >= 0.3 is 0 Å². The first-order valence-electron chi connectivity index (χ1n) is 11.0. The fraction of sp³-hybridized carbons (Fsp3) is 0.269. The average Bonchev–Trinajstić information content (AvgIpc) is 3.15. The van der Waals surface area contributed by atoms with Crippen molar-refractivity contribution in [1.82, 2.24) is 14.3 Å². The summed E-state index contributed by atoms with van der Waals surface area (Å²) in [6.07, 6.45) is 1.40. The summed E-state index contributed by atoms with van der Waals surface area (Å²) in [6.45, 7) is 7.85. The lowest BCUT2D eigenvalue weighted by Crippen LogP contribution is -2.34. The highest BCUT2D eigenvalue weighted by molar-refractivity contribution is 5.95. The standard InChI is InChI=1S/C26H28N4O2/c1-5-19-12-14-20(15-13-19)27-25(32)22(6-2)29-23(31)16-17(3)24-18(4)28-30(26(24)29)21-10-8-7-9-11-21/h7-16,22H,5-6H2,1-4H3,(H,27,32). The zero-order valence-corrected chi connectivity index (χ0v) is 18.9. The van der Waals surface area contributed by atoms with Gasteiger partial charge in [0.25, 0.3) is 5.56 Å². The smallest absolute Gasteiger partial charge is 0.253 e. The lowest BCUT2D eigenvalue weighted by molar-refractivity contribution is -0.119. The third-order valence-corrected chi connectivity index (χ3v) is 5.87. The second kappa shape index (κ2) is 8.83. The number of hydrogen-bond donors (Lipinski definition) is 1. The van der Waals surface area contributed by atoms with E-state index < -0.39 is 6.04 Å². The maximum Gasteiger partial charge on any atom is 0.253 e. The molecule has 32 heavy (non-hydrogen) atoms. The van der Waals surface area contributed by atoms with Crippen LogP contribution in [0.2, 0.25) is 0 Å². The fourth-order valence-electron chi connectivity index (χ4n) is 4.22. The predicted molar refractivity (Wildman–Crippen MR) is 129 cm³/mol. The number of anilines is 1. The summed E-state index contributed by atoms with van der Waals surface area (Å²) in [4.78, 5) is 26.6. The molecule has 0 saturated heterocycles. The quantitative estimate of drug-likeness (QED) is 0.472. The number of nitrogens with zero attached hydrogens (tertiary/aromatic N) is 3. The molecule has 164 valence electrons. The van der Waals surface area contributed by atoms with Crippen molar-refractivity contribution in [2.24, 2.45) is 0 Å². The van der Waals surface area contributed by atoms with Gasteiger partial charge in [-0.3, -0.25) is 14.2 Å². The molecular weight excluding hydrogens is 400 g/mol. The van der Waals surface area contributed by atoms with Crippen LogP contribution in [0.25, 0.3) is 16.7 Å². The third kappa shape index (κ3) is 3.84. The number of aryl methyl sites for hydroxylation is 3. The molecule has 1 unspecified atom stereocenters. The minimum atomic E-state index is -0.671. The number of amides is 1. The number of benzene rings is 2. The SMILES string of the molecule is CCc1ccc(NC(=O)C(CC)n2c(=O)cc(C)c3c(C)nn(-c4ccccc4)c32)cc1. The van der Waals surface area contributed by atoms with Crippen LogP contribution in [-0.2, 0) is 11.2 Å². The van der Waals surface area contributed by atoms with Gasteiger partial charge in [-0.15, -0.1) is 0 Å². The van der Waals surface area contributed by atoms with Crippen LogP contribution in [0.4, 0.5) is 5.69 Å². The molecule has 0 radical (unpaired) electrons. The zero-order chi connectivity index (χ0) is 22.8. The second-order valence-corrected chi connectivity index (χ2v) is 8.03. The van der Waals surface area contributed by atoms with Gasteiger partial charge in [-0.1, -0.05) is 44.2 Å². The molecule has 0 aliphatic heterocycles. The molecule has 4 aromatic rings. The van der Waals surface area contributed by atoms with Crippen molar-refractivity contribution in [3.8, 4) is 5.69 Å². The van der Waals surface area contributed by atoms with Gasteiger partial charge in [0.2, 0.25) is 5.91 Å². The highest BCUT2D eigenvalue weighted by atomic mass is 16.2. The Balaban J connectivity index is 1.86. The summed E-state index contributed by atoms with van der Waals surface area (Å²) < 4.78 is 3.36. The molecule has 6 nitrogen and oxygen atoms in total. The first-order valence-corrected chi connectivity index (χ1v) is 11.0. The van der Waals surface area contributed by atoms with Crippen molar-refractivity contribution >= 4 is 22.6 Å².